The molecule has 1 aliphatic rings. The SMILES string of the molecule is CCC(=O)N(Cc1cccc2c1OCC2)c1ccccc1Oc1ccccc1. The van der Waals surface area contributed by atoms with Gasteiger partial charge in [0.05, 0.1) is 18.8 Å². The number of carbonyl (C=O) groups excluding carboxylic acids is 1. The quantitative estimate of drug-likeness (QED) is 0.584. The first-order chi connectivity index (χ1) is 13.8. The zero-order valence-corrected chi connectivity index (χ0v) is 15.9. The molecule has 28 heavy (non-hydrogen) atoms. The maximum absolute atomic E-state index is 12.9. The monoisotopic (exact) mass is 373 g/mol. The largest absolute Gasteiger partial charge is 0.493 e. The second-order valence-electron chi connectivity index (χ2n) is 6.72. The summed E-state index contributed by atoms with van der Waals surface area (Å²) in [7, 11) is 0. The molecule has 0 aliphatic carbocycles. The molecular weight excluding hydrogens is 350 g/mol. The standard InChI is InChI=1S/C24H23NO3/c1-2-23(26)25(17-19-10-8-9-18-15-16-27-24(18)19)21-13-6-7-14-22(21)28-20-11-4-3-5-12-20/h3-14H,2,15-17H2,1H3. The van der Waals surface area contributed by atoms with E-state index in [-0.39, 0.29) is 5.91 Å². The van der Waals surface area contributed by atoms with Gasteiger partial charge in [-0.2, -0.15) is 0 Å². The zero-order valence-electron chi connectivity index (χ0n) is 15.9. The van der Waals surface area contributed by atoms with Gasteiger partial charge in [-0.1, -0.05) is 55.5 Å². The number of hydrogen-bond donors (Lipinski definition) is 0. The minimum atomic E-state index is 0.0414. The van der Waals surface area contributed by atoms with Crippen molar-refractivity contribution >= 4 is 11.6 Å². The number of hydrogen-bond acceptors (Lipinski definition) is 3. The Kier molecular flexibility index (Phi) is 5.29. The number of ether oxygens (including phenoxy) is 2. The van der Waals surface area contributed by atoms with E-state index >= 15 is 0 Å². The lowest BCUT2D eigenvalue weighted by Crippen LogP contribution is -2.30. The van der Waals surface area contributed by atoms with E-state index < -0.39 is 0 Å². The van der Waals surface area contributed by atoms with Crippen LogP contribution in [0.1, 0.15) is 24.5 Å². The molecular formula is C24H23NO3. The molecule has 0 bridgehead atoms. The van der Waals surface area contributed by atoms with E-state index in [4.69, 9.17) is 9.47 Å². The molecule has 4 rings (SSSR count). The van der Waals surface area contributed by atoms with Crippen LogP contribution in [0.2, 0.25) is 0 Å². The summed E-state index contributed by atoms with van der Waals surface area (Å²) in [5, 5.41) is 0. The highest BCUT2D eigenvalue weighted by Gasteiger charge is 2.23. The third-order valence-corrected chi connectivity index (χ3v) is 4.85. The van der Waals surface area contributed by atoms with E-state index in [1.54, 1.807) is 4.90 Å². The number of amides is 1. The van der Waals surface area contributed by atoms with Crippen LogP contribution in [0.4, 0.5) is 5.69 Å². The average molecular weight is 373 g/mol. The Morgan fingerprint density at radius 2 is 1.79 bits per heavy atom. The smallest absolute Gasteiger partial charge is 0.227 e. The van der Waals surface area contributed by atoms with Crippen LogP contribution in [-0.4, -0.2) is 12.5 Å². The van der Waals surface area contributed by atoms with Gasteiger partial charge in [0.25, 0.3) is 0 Å². The van der Waals surface area contributed by atoms with Gasteiger partial charge in [-0.3, -0.25) is 4.79 Å². The molecule has 0 radical (unpaired) electrons. The highest BCUT2D eigenvalue weighted by Crippen LogP contribution is 2.36. The van der Waals surface area contributed by atoms with Crippen LogP contribution in [-0.2, 0) is 17.8 Å². The van der Waals surface area contributed by atoms with Crippen LogP contribution in [0, 0.1) is 0 Å². The van der Waals surface area contributed by atoms with Crippen molar-refractivity contribution < 1.29 is 14.3 Å². The van der Waals surface area contributed by atoms with Crippen molar-refractivity contribution in [2.75, 3.05) is 11.5 Å². The number of fused-ring (bicyclic) bond motifs is 1. The van der Waals surface area contributed by atoms with Crippen molar-refractivity contribution in [3.05, 3.63) is 83.9 Å². The molecule has 1 aliphatic heterocycles. The highest BCUT2D eigenvalue weighted by molar-refractivity contribution is 5.94. The number of anilines is 1. The van der Waals surface area contributed by atoms with E-state index in [1.165, 1.54) is 5.56 Å². The molecule has 3 aromatic rings. The van der Waals surface area contributed by atoms with Gasteiger partial charge >= 0.3 is 0 Å². The zero-order chi connectivity index (χ0) is 19.3. The molecule has 0 saturated heterocycles. The summed E-state index contributed by atoms with van der Waals surface area (Å²) in [6, 6.07) is 23.4. The van der Waals surface area contributed by atoms with Gasteiger partial charge in [-0.25, -0.2) is 0 Å². The second-order valence-corrected chi connectivity index (χ2v) is 6.72. The normalized spacial score (nSPS) is 12.2. The number of nitrogens with zero attached hydrogens (tertiary/aromatic N) is 1. The summed E-state index contributed by atoms with van der Waals surface area (Å²) in [6.45, 7) is 3.02. The first-order valence-corrected chi connectivity index (χ1v) is 9.62. The van der Waals surface area contributed by atoms with Crippen LogP contribution in [0.15, 0.2) is 72.8 Å². The Bertz CT molecular complexity index is 969. The molecule has 0 aromatic heterocycles. The van der Waals surface area contributed by atoms with E-state index in [0.29, 0.717) is 25.3 Å². The lowest BCUT2D eigenvalue weighted by atomic mass is 10.1. The van der Waals surface area contributed by atoms with E-state index in [9.17, 15) is 4.79 Å². The predicted molar refractivity (Wildman–Crippen MR) is 110 cm³/mol. The van der Waals surface area contributed by atoms with Crippen molar-refractivity contribution in [3.63, 3.8) is 0 Å². The van der Waals surface area contributed by atoms with Gasteiger partial charge in [-0.05, 0) is 29.8 Å². The van der Waals surface area contributed by atoms with Gasteiger partial charge in [0.1, 0.15) is 11.5 Å². The van der Waals surface area contributed by atoms with Gasteiger partial charge in [0, 0.05) is 18.4 Å². The lowest BCUT2D eigenvalue weighted by molar-refractivity contribution is -0.118. The Labute approximate surface area is 165 Å². The molecule has 0 unspecified atom stereocenters. The Morgan fingerprint density at radius 1 is 1.00 bits per heavy atom. The lowest BCUT2D eigenvalue weighted by Gasteiger charge is -2.25. The summed E-state index contributed by atoms with van der Waals surface area (Å²) in [4.78, 5) is 14.6. The van der Waals surface area contributed by atoms with Gasteiger partial charge in [-0.15, -0.1) is 0 Å². The first-order valence-electron chi connectivity index (χ1n) is 9.62. The van der Waals surface area contributed by atoms with E-state index in [0.717, 1.165) is 29.2 Å². The van der Waals surface area contributed by atoms with Crippen molar-refractivity contribution in [2.45, 2.75) is 26.3 Å². The molecule has 3 aromatic carbocycles. The average Bonchev–Trinajstić information content (AvgIpc) is 3.22. The van der Waals surface area contributed by atoms with Crippen molar-refractivity contribution in [3.8, 4) is 17.2 Å². The third kappa shape index (κ3) is 3.72. The molecule has 1 amide bonds. The predicted octanol–water partition coefficient (Wildman–Crippen LogP) is 5.36. The molecule has 0 saturated carbocycles. The number of rotatable bonds is 6. The number of para-hydroxylation sites is 4. The van der Waals surface area contributed by atoms with Crippen molar-refractivity contribution in [2.24, 2.45) is 0 Å². The molecule has 4 heteroatoms. The fourth-order valence-electron chi connectivity index (χ4n) is 3.46. The summed E-state index contributed by atoms with van der Waals surface area (Å²) in [5.74, 6) is 2.35. The maximum Gasteiger partial charge on any atom is 0.227 e. The van der Waals surface area contributed by atoms with Crippen LogP contribution in [0.3, 0.4) is 0 Å². The molecule has 0 atom stereocenters. The van der Waals surface area contributed by atoms with E-state index in [2.05, 4.69) is 6.07 Å². The summed E-state index contributed by atoms with van der Waals surface area (Å²) < 4.78 is 11.9. The summed E-state index contributed by atoms with van der Waals surface area (Å²) >= 11 is 0. The topological polar surface area (TPSA) is 38.8 Å². The van der Waals surface area contributed by atoms with Crippen molar-refractivity contribution in [1.82, 2.24) is 0 Å². The maximum atomic E-state index is 12.9. The molecule has 0 N–H and O–H groups in total. The van der Waals surface area contributed by atoms with Gasteiger partial charge in [0.2, 0.25) is 5.91 Å². The Morgan fingerprint density at radius 3 is 2.61 bits per heavy atom. The molecule has 0 fully saturated rings. The first kappa shape index (κ1) is 18.1. The Hall–Kier alpha value is -3.27. The van der Waals surface area contributed by atoms with Crippen molar-refractivity contribution in [1.29, 1.82) is 0 Å². The Balaban J connectivity index is 1.69. The fourth-order valence-corrected chi connectivity index (χ4v) is 3.46. The van der Waals surface area contributed by atoms with E-state index in [1.807, 2.05) is 73.7 Å². The van der Waals surface area contributed by atoms with Crippen LogP contribution < -0.4 is 14.4 Å². The minimum absolute atomic E-state index is 0.0414. The molecule has 142 valence electrons. The van der Waals surface area contributed by atoms with Crippen LogP contribution in [0.25, 0.3) is 0 Å². The second kappa shape index (κ2) is 8.17. The molecule has 1 heterocycles. The fraction of sp³-hybridized carbons (Fsp3) is 0.208. The molecule has 4 nitrogen and oxygen atoms in total. The minimum Gasteiger partial charge on any atom is -0.493 e. The van der Waals surface area contributed by atoms with Gasteiger partial charge in [0.15, 0.2) is 5.75 Å². The molecule has 0 spiro atoms. The third-order valence-electron chi connectivity index (χ3n) is 4.85. The number of carbonyl (C=O) groups is 1. The highest BCUT2D eigenvalue weighted by atomic mass is 16.5. The summed E-state index contributed by atoms with van der Waals surface area (Å²) in [5.41, 5.74) is 2.98. The van der Waals surface area contributed by atoms with Crippen LogP contribution in [0.5, 0.6) is 17.2 Å². The number of benzene rings is 3. The van der Waals surface area contributed by atoms with Crippen LogP contribution >= 0.6 is 0 Å². The summed E-state index contributed by atoms with van der Waals surface area (Å²) in [6.07, 6.45) is 1.33. The van der Waals surface area contributed by atoms with Gasteiger partial charge < -0.3 is 14.4 Å².